The van der Waals surface area contributed by atoms with Crippen LogP contribution in [0.1, 0.15) is 26.3 Å². The molecule has 18 heavy (non-hydrogen) atoms. The van der Waals surface area contributed by atoms with Crippen molar-refractivity contribution in [2.24, 2.45) is 5.92 Å². The van der Waals surface area contributed by atoms with Gasteiger partial charge in [0.15, 0.2) is 0 Å². The summed E-state index contributed by atoms with van der Waals surface area (Å²) in [4.78, 5) is 12.1. The third-order valence-electron chi connectivity index (χ3n) is 1.99. The number of carbonyl (C=O) groups excluding carboxylic acids is 1. The van der Waals surface area contributed by atoms with E-state index < -0.39 is 0 Å². The zero-order valence-corrected chi connectivity index (χ0v) is 12.2. The van der Waals surface area contributed by atoms with E-state index in [1.165, 1.54) is 5.56 Å². The number of hydrogen-bond donors (Lipinski definition) is 1. The lowest BCUT2D eigenvalue weighted by atomic mass is 10.2. The van der Waals surface area contributed by atoms with Gasteiger partial charge in [-0.05, 0) is 12.8 Å². The molecule has 1 aliphatic heterocycles. The van der Waals surface area contributed by atoms with Crippen molar-refractivity contribution in [3.63, 3.8) is 0 Å². The first-order chi connectivity index (χ1) is 8.43. The summed E-state index contributed by atoms with van der Waals surface area (Å²) in [5, 5.41) is 2.90. The summed E-state index contributed by atoms with van der Waals surface area (Å²) in [5.74, 6) is 1.01. The molecular weight excluding hydrogens is 224 g/mol. The standard InChI is InChI=1S/C7H8.C4H8N2O.C4H10/c1-7-5-3-2-4-6-7;1-6-3-5-2-4(6)7;1-4(2)3/h2-6H,1H3;5H,2-3H2,1H3;4H,1-3H3. The van der Waals surface area contributed by atoms with Crippen LogP contribution in [0.15, 0.2) is 30.3 Å². The largest absolute Gasteiger partial charge is 0.332 e. The Labute approximate surface area is 111 Å². The van der Waals surface area contributed by atoms with E-state index in [0.717, 1.165) is 5.92 Å². The van der Waals surface area contributed by atoms with Crippen molar-refractivity contribution in [2.75, 3.05) is 20.3 Å². The number of likely N-dealkylation sites (N-methyl/N-ethyl adjacent to an activating group) is 1. The molecule has 0 aliphatic carbocycles. The van der Waals surface area contributed by atoms with E-state index >= 15 is 0 Å². The molecule has 1 fully saturated rings. The Morgan fingerprint density at radius 2 is 1.67 bits per heavy atom. The van der Waals surface area contributed by atoms with Crippen molar-refractivity contribution in [1.29, 1.82) is 0 Å². The van der Waals surface area contributed by atoms with Crippen molar-refractivity contribution in [2.45, 2.75) is 27.7 Å². The number of hydrogen-bond acceptors (Lipinski definition) is 2. The van der Waals surface area contributed by atoms with Crippen LogP contribution in [-0.4, -0.2) is 31.1 Å². The van der Waals surface area contributed by atoms with E-state index in [1.807, 2.05) is 18.2 Å². The van der Waals surface area contributed by atoms with Crippen LogP contribution in [0.5, 0.6) is 0 Å². The lowest BCUT2D eigenvalue weighted by Gasteiger charge is -2.02. The van der Waals surface area contributed by atoms with Crippen LogP contribution in [0.3, 0.4) is 0 Å². The van der Waals surface area contributed by atoms with Gasteiger partial charge in [0.2, 0.25) is 5.91 Å². The summed E-state index contributed by atoms with van der Waals surface area (Å²) in [6.07, 6.45) is 0. The minimum atomic E-state index is 0.181. The van der Waals surface area contributed by atoms with Crippen LogP contribution in [0.2, 0.25) is 0 Å². The molecule has 1 saturated heterocycles. The third kappa shape index (κ3) is 9.85. The van der Waals surface area contributed by atoms with E-state index in [4.69, 9.17) is 0 Å². The molecule has 0 aromatic heterocycles. The Bertz CT molecular complexity index is 320. The first kappa shape index (κ1) is 16.6. The first-order valence-corrected chi connectivity index (χ1v) is 6.39. The molecule has 0 radical (unpaired) electrons. The quantitative estimate of drug-likeness (QED) is 0.768. The van der Waals surface area contributed by atoms with Gasteiger partial charge >= 0.3 is 0 Å². The summed E-state index contributed by atoms with van der Waals surface area (Å²) in [7, 11) is 1.78. The van der Waals surface area contributed by atoms with Crippen molar-refractivity contribution < 1.29 is 4.79 Å². The van der Waals surface area contributed by atoms with Crippen molar-refractivity contribution in [3.05, 3.63) is 35.9 Å². The van der Waals surface area contributed by atoms with Crippen LogP contribution in [0, 0.1) is 12.8 Å². The number of nitrogens with zero attached hydrogens (tertiary/aromatic N) is 1. The van der Waals surface area contributed by atoms with E-state index in [2.05, 4.69) is 45.1 Å². The maximum Gasteiger partial charge on any atom is 0.237 e. The summed E-state index contributed by atoms with van der Waals surface area (Å²) >= 11 is 0. The Balaban J connectivity index is 0.000000253. The molecule has 1 amide bonds. The van der Waals surface area contributed by atoms with Gasteiger partial charge in [-0.2, -0.15) is 0 Å². The Morgan fingerprint density at radius 3 is 1.83 bits per heavy atom. The molecule has 1 aliphatic rings. The molecule has 0 saturated carbocycles. The normalized spacial score (nSPS) is 13.7. The van der Waals surface area contributed by atoms with Gasteiger partial charge in [-0.3, -0.25) is 10.1 Å². The zero-order chi connectivity index (χ0) is 14.0. The highest BCUT2D eigenvalue weighted by Crippen LogP contribution is 1.92. The summed E-state index contributed by atoms with van der Waals surface area (Å²) in [6, 6.07) is 10.3. The lowest BCUT2D eigenvalue weighted by Crippen LogP contribution is -2.20. The lowest BCUT2D eigenvalue weighted by molar-refractivity contribution is -0.125. The van der Waals surface area contributed by atoms with Crippen LogP contribution in [0.4, 0.5) is 0 Å². The van der Waals surface area contributed by atoms with Crippen molar-refractivity contribution in [1.82, 2.24) is 10.2 Å². The minimum Gasteiger partial charge on any atom is -0.332 e. The zero-order valence-electron chi connectivity index (χ0n) is 12.2. The number of rotatable bonds is 0. The van der Waals surface area contributed by atoms with Gasteiger partial charge in [-0.25, -0.2) is 0 Å². The van der Waals surface area contributed by atoms with Gasteiger partial charge in [0.05, 0.1) is 13.2 Å². The van der Waals surface area contributed by atoms with Crippen LogP contribution in [-0.2, 0) is 4.79 Å². The molecule has 3 nitrogen and oxygen atoms in total. The Hall–Kier alpha value is -1.35. The molecule has 0 spiro atoms. The highest BCUT2D eigenvalue weighted by Gasteiger charge is 2.13. The monoisotopic (exact) mass is 250 g/mol. The minimum absolute atomic E-state index is 0.181. The highest BCUT2D eigenvalue weighted by atomic mass is 16.2. The Kier molecular flexibility index (Phi) is 8.93. The van der Waals surface area contributed by atoms with Gasteiger partial charge in [-0.1, -0.05) is 56.7 Å². The number of carbonyl (C=O) groups is 1. The molecule has 1 heterocycles. The van der Waals surface area contributed by atoms with Gasteiger partial charge in [0.25, 0.3) is 0 Å². The smallest absolute Gasteiger partial charge is 0.237 e. The van der Waals surface area contributed by atoms with Gasteiger partial charge in [0, 0.05) is 7.05 Å². The number of aryl methyl sites for hydroxylation is 1. The molecule has 3 heteroatoms. The van der Waals surface area contributed by atoms with Crippen molar-refractivity contribution >= 4 is 5.91 Å². The number of amides is 1. The third-order valence-corrected chi connectivity index (χ3v) is 1.99. The van der Waals surface area contributed by atoms with Crippen LogP contribution >= 0.6 is 0 Å². The first-order valence-electron chi connectivity index (χ1n) is 6.39. The average Bonchev–Trinajstić information content (AvgIpc) is 2.64. The second kappa shape index (κ2) is 9.66. The molecule has 1 aromatic rings. The highest BCUT2D eigenvalue weighted by molar-refractivity contribution is 5.79. The molecule has 1 N–H and O–H groups in total. The molecule has 0 bridgehead atoms. The predicted molar refractivity (Wildman–Crippen MR) is 77.3 cm³/mol. The van der Waals surface area contributed by atoms with Crippen LogP contribution in [0.25, 0.3) is 0 Å². The fourth-order valence-electron chi connectivity index (χ4n) is 1.09. The fraction of sp³-hybridized carbons (Fsp3) is 0.533. The average molecular weight is 250 g/mol. The van der Waals surface area contributed by atoms with Crippen LogP contribution < -0.4 is 5.32 Å². The summed E-state index contributed by atoms with van der Waals surface area (Å²) in [6.45, 7) is 9.80. The SMILES string of the molecule is CC(C)C.CN1CNCC1=O.Cc1ccccc1. The van der Waals surface area contributed by atoms with E-state index in [9.17, 15) is 4.79 Å². The molecule has 0 unspecified atom stereocenters. The molecular formula is C15H26N2O. The van der Waals surface area contributed by atoms with E-state index in [1.54, 1.807) is 11.9 Å². The predicted octanol–water partition coefficient (Wildman–Crippen LogP) is 2.66. The number of nitrogens with one attached hydrogen (secondary N) is 1. The molecule has 2 rings (SSSR count). The van der Waals surface area contributed by atoms with Gasteiger partial charge in [0.1, 0.15) is 0 Å². The van der Waals surface area contributed by atoms with Gasteiger partial charge < -0.3 is 4.90 Å². The van der Waals surface area contributed by atoms with Gasteiger partial charge in [-0.15, -0.1) is 0 Å². The Morgan fingerprint density at radius 1 is 1.17 bits per heavy atom. The topological polar surface area (TPSA) is 32.3 Å². The summed E-state index contributed by atoms with van der Waals surface area (Å²) in [5.41, 5.74) is 1.32. The fourth-order valence-corrected chi connectivity index (χ4v) is 1.09. The molecule has 102 valence electrons. The maximum absolute atomic E-state index is 10.4. The molecule has 1 aromatic carbocycles. The summed E-state index contributed by atoms with van der Waals surface area (Å²) < 4.78 is 0. The van der Waals surface area contributed by atoms with Crippen molar-refractivity contribution in [3.8, 4) is 0 Å². The molecule has 0 atom stereocenters. The van der Waals surface area contributed by atoms with E-state index in [-0.39, 0.29) is 5.91 Å². The maximum atomic E-state index is 10.4. The second-order valence-electron chi connectivity index (χ2n) is 5.06. The van der Waals surface area contributed by atoms with E-state index in [0.29, 0.717) is 13.2 Å². The number of benzene rings is 1. The second-order valence-corrected chi connectivity index (χ2v) is 5.06.